The standard InChI is InChI=1S/C18H19ClN4/c1-13-4-2-3-11-22(13)18-16-9-10-20-12-17(16)23(21-18)15-7-5-14(19)6-8-15/h5-10,12-13H,2-4,11H2,1H3. The van der Waals surface area contributed by atoms with Gasteiger partial charge in [-0.2, -0.15) is 0 Å². The van der Waals surface area contributed by atoms with Gasteiger partial charge in [-0.25, -0.2) is 4.68 Å². The third-order valence-electron chi connectivity index (χ3n) is 4.61. The van der Waals surface area contributed by atoms with E-state index in [1.165, 1.54) is 19.3 Å². The lowest BCUT2D eigenvalue weighted by atomic mass is 10.0. The van der Waals surface area contributed by atoms with Gasteiger partial charge in [-0.1, -0.05) is 11.6 Å². The summed E-state index contributed by atoms with van der Waals surface area (Å²) in [7, 11) is 0. The highest BCUT2D eigenvalue weighted by Gasteiger charge is 2.24. The first-order chi connectivity index (χ1) is 11.2. The second-order valence-corrected chi connectivity index (χ2v) is 6.58. The summed E-state index contributed by atoms with van der Waals surface area (Å²) >= 11 is 6.01. The fourth-order valence-electron chi connectivity index (χ4n) is 3.35. The molecule has 1 fully saturated rings. The minimum atomic E-state index is 0.522. The van der Waals surface area contributed by atoms with Crippen molar-refractivity contribution in [1.82, 2.24) is 14.8 Å². The zero-order valence-corrected chi connectivity index (χ0v) is 13.9. The minimum Gasteiger partial charge on any atom is -0.352 e. The number of nitrogens with zero attached hydrogens (tertiary/aromatic N) is 4. The number of benzene rings is 1. The SMILES string of the molecule is CC1CCCCN1c1nn(-c2ccc(Cl)cc2)c2cnccc12. The van der Waals surface area contributed by atoms with Crippen LogP contribution in [0.4, 0.5) is 5.82 Å². The lowest BCUT2D eigenvalue weighted by molar-refractivity contribution is 0.481. The van der Waals surface area contributed by atoms with Crippen LogP contribution in [0.3, 0.4) is 0 Å². The quantitative estimate of drug-likeness (QED) is 0.697. The van der Waals surface area contributed by atoms with Gasteiger partial charge < -0.3 is 4.90 Å². The van der Waals surface area contributed by atoms with Gasteiger partial charge in [0.1, 0.15) is 0 Å². The fraction of sp³-hybridized carbons (Fsp3) is 0.333. The summed E-state index contributed by atoms with van der Waals surface area (Å²) in [6.07, 6.45) is 7.48. The predicted molar refractivity (Wildman–Crippen MR) is 94.5 cm³/mol. The van der Waals surface area contributed by atoms with Crippen LogP contribution in [0.25, 0.3) is 16.6 Å². The molecule has 0 bridgehead atoms. The van der Waals surface area contributed by atoms with E-state index in [9.17, 15) is 0 Å². The van der Waals surface area contributed by atoms with Gasteiger partial charge in [0.15, 0.2) is 5.82 Å². The Morgan fingerprint density at radius 3 is 2.74 bits per heavy atom. The summed E-state index contributed by atoms with van der Waals surface area (Å²) < 4.78 is 1.97. The molecule has 2 aromatic heterocycles. The Kier molecular flexibility index (Phi) is 3.69. The van der Waals surface area contributed by atoms with E-state index in [1.54, 1.807) is 0 Å². The van der Waals surface area contributed by atoms with Gasteiger partial charge in [-0.05, 0) is 56.5 Å². The highest BCUT2D eigenvalue weighted by atomic mass is 35.5. The lowest BCUT2D eigenvalue weighted by Crippen LogP contribution is -2.37. The van der Waals surface area contributed by atoms with Gasteiger partial charge in [0.25, 0.3) is 0 Å². The van der Waals surface area contributed by atoms with Crippen LogP contribution in [0, 0.1) is 0 Å². The molecule has 0 saturated carbocycles. The average Bonchev–Trinajstić information content (AvgIpc) is 2.96. The number of pyridine rings is 1. The first-order valence-electron chi connectivity index (χ1n) is 8.09. The number of fused-ring (bicyclic) bond motifs is 1. The smallest absolute Gasteiger partial charge is 0.159 e. The maximum atomic E-state index is 6.01. The molecule has 1 aliphatic rings. The number of rotatable bonds is 2. The molecular formula is C18H19ClN4. The van der Waals surface area contributed by atoms with E-state index in [0.717, 1.165) is 34.0 Å². The molecule has 1 unspecified atom stereocenters. The van der Waals surface area contributed by atoms with E-state index < -0.39 is 0 Å². The first kappa shape index (κ1) is 14.5. The summed E-state index contributed by atoms with van der Waals surface area (Å²) in [6.45, 7) is 3.35. The normalized spacial score (nSPS) is 18.5. The second-order valence-electron chi connectivity index (χ2n) is 6.14. The van der Waals surface area contributed by atoms with Crippen molar-refractivity contribution in [3.05, 3.63) is 47.7 Å². The van der Waals surface area contributed by atoms with Crippen LogP contribution in [-0.2, 0) is 0 Å². The Morgan fingerprint density at radius 1 is 1.13 bits per heavy atom. The summed E-state index contributed by atoms with van der Waals surface area (Å²) in [5, 5.41) is 6.81. The van der Waals surface area contributed by atoms with Crippen LogP contribution in [0.1, 0.15) is 26.2 Å². The third-order valence-corrected chi connectivity index (χ3v) is 4.86. The van der Waals surface area contributed by atoms with Crippen molar-refractivity contribution in [2.75, 3.05) is 11.4 Å². The number of halogens is 1. The molecular weight excluding hydrogens is 308 g/mol. The third kappa shape index (κ3) is 2.57. The Hall–Kier alpha value is -2.07. The van der Waals surface area contributed by atoms with Crippen LogP contribution in [0.2, 0.25) is 5.02 Å². The number of hydrogen-bond acceptors (Lipinski definition) is 3. The summed E-state index contributed by atoms with van der Waals surface area (Å²) in [5.74, 6) is 1.06. The monoisotopic (exact) mass is 326 g/mol. The van der Waals surface area contributed by atoms with Crippen LogP contribution < -0.4 is 4.90 Å². The number of anilines is 1. The maximum absolute atomic E-state index is 6.01. The number of piperidine rings is 1. The lowest BCUT2D eigenvalue weighted by Gasteiger charge is -2.33. The van der Waals surface area contributed by atoms with Gasteiger partial charge in [0.05, 0.1) is 17.4 Å². The predicted octanol–water partition coefficient (Wildman–Crippen LogP) is 4.45. The summed E-state index contributed by atoms with van der Waals surface area (Å²) in [5.41, 5.74) is 2.03. The van der Waals surface area contributed by atoms with Crippen molar-refractivity contribution in [3.8, 4) is 5.69 Å². The Bertz CT molecular complexity index is 825. The van der Waals surface area contributed by atoms with E-state index in [-0.39, 0.29) is 0 Å². The molecule has 1 aliphatic heterocycles. The van der Waals surface area contributed by atoms with Crippen LogP contribution in [-0.4, -0.2) is 27.4 Å². The Labute approximate surface area is 140 Å². The molecule has 3 aromatic rings. The number of hydrogen-bond donors (Lipinski definition) is 0. The molecule has 5 heteroatoms. The van der Waals surface area contributed by atoms with E-state index >= 15 is 0 Å². The Balaban J connectivity index is 1.87. The largest absolute Gasteiger partial charge is 0.352 e. The number of aromatic nitrogens is 3. The molecule has 23 heavy (non-hydrogen) atoms. The zero-order chi connectivity index (χ0) is 15.8. The molecule has 1 atom stereocenters. The van der Waals surface area contributed by atoms with Crippen molar-refractivity contribution in [3.63, 3.8) is 0 Å². The van der Waals surface area contributed by atoms with Crippen molar-refractivity contribution in [2.45, 2.75) is 32.2 Å². The van der Waals surface area contributed by atoms with Crippen molar-refractivity contribution in [1.29, 1.82) is 0 Å². The average molecular weight is 327 g/mol. The van der Waals surface area contributed by atoms with Gasteiger partial charge in [-0.15, -0.1) is 5.10 Å². The van der Waals surface area contributed by atoms with E-state index in [4.69, 9.17) is 16.7 Å². The van der Waals surface area contributed by atoms with Crippen LogP contribution in [0.15, 0.2) is 42.7 Å². The summed E-state index contributed by atoms with van der Waals surface area (Å²) in [4.78, 5) is 6.72. The minimum absolute atomic E-state index is 0.522. The second kappa shape index (κ2) is 5.85. The molecule has 0 amide bonds. The zero-order valence-electron chi connectivity index (χ0n) is 13.1. The van der Waals surface area contributed by atoms with Crippen LogP contribution in [0.5, 0.6) is 0 Å². The van der Waals surface area contributed by atoms with E-state index in [2.05, 4.69) is 22.9 Å². The molecule has 4 nitrogen and oxygen atoms in total. The fourth-order valence-corrected chi connectivity index (χ4v) is 3.48. The molecule has 0 N–H and O–H groups in total. The van der Waals surface area contributed by atoms with Crippen molar-refractivity contribution in [2.24, 2.45) is 0 Å². The summed E-state index contributed by atoms with van der Waals surface area (Å²) in [6, 6.07) is 10.4. The highest BCUT2D eigenvalue weighted by Crippen LogP contribution is 2.32. The van der Waals surface area contributed by atoms with Gasteiger partial charge in [0, 0.05) is 29.2 Å². The Morgan fingerprint density at radius 2 is 1.96 bits per heavy atom. The molecule has 1 saturated heterocycles. The molecule has 0 aliphatic carbocycles. The highest BCUT2D eigenvalue weighted by molar-refractivity contribution is 6.30. The van der Waals surface area contributed by atoms with Gasteiger partial charge in [-0.3, -0.25) is 4.98 Å². The van der Waals surface area contributed by atoms with Gasteiger partial charge in [0.2, 0.25) is 0 Å². The van der Waals surface area contributed by atoms with E-state index in [1.807, 2.05) is 41.3 Å². The first-order valence-corrected chi connectivity index (χ1v) is 8.47. The molecule has 0 spiro atoms. The van der Waals surface area contributed by atoms with Crippen molar-refractivity contribution >= 4 is 28.3 Å². The maximum Gasteiger partial charge on any atom is 0.159 e. The van der Waals surface area contributed by atoms with E-state index in [0.29, 0.717) is 6.04 Å². The van der Waals surface area contributed by atoms with Gasteiger partial charge >= 0.3 is 0 Å². The van der Waals surface area contributed by atoms with Crippen LogP contribution >= 0.6 is 11.6 Å². The molecule has 4 rings (SSSR count). The molecule has 0 radical (unpaired) electrons. The molecule has 1 aromatic carbocycles. The molecule has 3 heterocycles. The molecule has 118 valence electrons. The topological polar surface area (TPSA) is 34.0 Å². The van der Waals surface area contributed by atoms with Crippen molar-refractivity contribution < 1.29 is 0 Å².